The summed E-state index contributed by atoms with van der Waals surface area (Å²) in [6.07, 6.45) is 3.08. The van der Waals surface area contributed by atoms with Gasteiger partial charge in [0.2, 0.25) is 0 Å². The zero-order valence-electron chi connectivity index (χ0n) is 10.8. The molecule has 0 fully saturated rings. The molecule has 1 nitrogen and oxygen atoms in total. The van der Waals surface area contributed by atoms with Crippen LogP contribution in [0.5, 0.6) is 0 Å². The van der Waals surface area contributed by atoms with E-state index in [-0.39, 0.29) is 0 Å². The minimum absolute atomic E-state index is 0.551. The van der Waals surface area contributed by atoms with Gasteiger partial charge in [0.15, 0.2) is 0 Å². The molecule has 0 aliphatic rings. The Balaban J connectivity index is 2.48. The molecule has 0 aliphatic heterocycles. The van der Waals surface area contributed by atoms with E-state index in [9.17, 15) is 0 Å². The molecular formula is C16H19N. The smallest absolute Gasteiger partial charge is 0.0705 e. The first-order valence-corrected chi connectivity index (χ1v) is 6.26. The fraction of sp³-hybridized carbons (Fsp3) is 0.312. The zero-order valence-corrected chi connectivity index (χ0v) is 10.8. The molecule has 0 unspecified atom stereocenters. The third-order valence-corrected chi connectivity index (χ3v) is 3.09. The summed E-state index contributed by atoms with van der Waals surface area (Å²) < 4.78 is 0. The van der Waals surface area contributed by atoms with E-state index < -0.39 is 0 Å². The standard InChI is InChI=1S/C16H19N/c1-4-13-11-17-16(10-15(13)12(2)3)14-8-6-5-7-9-14/h5-12H,4H2,1-3H3. The van der Waals surface area contributed by atoms with Gasteiger partial charge in [0.05, 0.1) is 5.69 Å². The van der Waals surface area contributed by atoms with Crippen molar-refractivity contribution < 1.29 is 0 Å². The summed E-state index contributed by atoms with van der Waals surface area (Å²) in [6, 6.07) is 12.6. The zero-order chi connectivity index (χ0) is 12.3. The van der Waals surface area contributed by atoms with Crippen LogP contribution >= 0.6 is 0 Å². The van der Waals surface area contributed by atoms with Crippen molar-refractivity contribution in [1.29, 1.82) is 0 Å². The van der Waals surface area contributed by atoms with E-state index in [1.165, 1.54) is 16.7 Å². The number of nitrogens with zero attached hydrogens (tertiary/aromatic N) is 1. The fourth-order valence-corrected chi connectivity index (χ4v) is 2.10. The number of benzene rings is 1. The van der Waals surface area contributed by atoms with Crippen LogP contribution in [0.15, 0.2) is 42.6 Å². The number of rotatable bonds is 3. The van der Waals surface area contributed by atoms with E-state index in [1.807, 2.05) is 12.3 Å². The van der Waals surface area contributed by atoms with E-state index in [1.54, 1.807) is 0 Å². The molecule has 1 aromatic carbocycles. The number of aromatic nitrogens is 1. The van der Waals surface area contributed by atoms with Crippen molar-refractivity contribution in [2.24, 2.45) is 0 Å². The van der Waals surface area contributed by atoms with E-state index in [4.69, 9.17) is 0 Å². The Morgan fingerprint density at radius 2 is 1.82 bits per heavy atom. The van der Waals surface area contributed by atoms with Crippen LogP contribution in [0.25, 0.3) is 11.3 Å². The molecule has 1 aromatic heterocycles. The Labute approximate surface area is 104 Å². The predicted octanol–water partition coefficient (Wildman–Crippen LogP) is 4.43. The lowest BCUT2D eigenvalue weighted by Crippen LogP contribution is -1.98. The van der Waals surface area contributed by atoms with Crippen molar-refractivity contribution in [3.63, 3.8) is 0 Å². The summed E-state index contributed by atoms with van der Waals surface area (Å²) in [7, 11) is 0. The highest BCUT2D eigenvalue weighted by molar-refractivity contribution is 5.60. The van der Waals surface area contributed by atoms with Crippen LogP contribution < -0.4 is 0 Å². The molecule has 0 atom stereocenters. The number of pyridine rings is 1. The molecule has 0 radical (unpaired) electrons. The van der Waals surface area contributed by atoms with Crippen molar-refractivity contribution in [2.75, 3.05) is 0 Å². The Hall–Kier alpha value is -1.63. The molecule has 88 valence electrons. The van der Waals surface area contributed by atoms with Gasteiger partial charge in [-0.05, 0) is 29.5 Å². The molecule has 2 aromatic rings. The van der Waals surface area contributed by atoms with Crippen LogP contribution in [0, 0.1) is 0 Å². The second kappa shape index (κ2) is 5.13. The molecular weight excluding hydrogens is 206 g/mol. The highest BCUT2D eigenvalue weighted by Crippen LogP contribution is 2.25. The van der Waals surface area contributed by atoms with Gasteiger partial charge in [-0.25, -0.2) is 0 Å². The molecule has 1 heteroatoms. The van der Waals surface area contributed by atoms with Gasteiger partial charge in [-0.15, -0.1) is 0 Å². The van der Waals surface area contributed by atoms with Gasteiger partial charge in [-0.2, -0.15) is 0 Å². The van der Waals surface area contributed by atoms with E-state index in [0.717, 1.165) is 12.1 Å². The molecule has 0 aliphatic carbocycles. The summed E-state index contributed by atoms with van der Waals surface area (Å²) in [6.45, 7) is 6.66. The number of hydrogen-bond donors (Lipinski definition) is 0. The van der Waals surface area contributed by atoms with Gasteiger partial charge < -0.3 is 0 Å². The molecule has 0 bridgehead atoms. The van der Waals surface area contributed by atoms with Crippen molar-refractivity contribution in [1.82, 2.24) is 4.98 Å². The Bertz CT molecular complexity index is 486. The second-order valence-corrected chi connectivity index (χ2v) is 4.64. The van der Waals surface area contributed by atoms with Gasteiger partial charge in [0.25, 0.3) is 0 Å². The Morgan fingerprint density at radius 1 is 1.12 bits per heavy atom. The molecule has 0 amide bonds. The molecule has 17 heavy (non-hydrogen) atoms. The highest BCUT2D eigenvalue weighted by Gasteiger charge is 2.08. The van der Waals surface area contributed by atoms with Gasteiger partial charge in [-0.3, -0.25) is 4.98 Å². The minimum Gasteiger partial charge on any atom is -0.256 e. The quantitative estimate of drug-likeness (QED) is 0.752. The van der Waals surface area contributed by atoms with Crippen LogP contribution in [0.1, 0.15) is 37.8 Å². The highest BCUT2D eigenvalue weighted by atomic mass is 14.7. The topological polar surface area (TPSA) is 12.9 Å². The summed E-state index contributed by atoms with van der Waals surface area (Å²) in [5.74, 6) is 0.551. The lowest BCUT2D eigenvalue weighted by molar-refractivity contribution is 0.839. The van der Waals surface area contributed by atoms with Crippen molar-refractivity contribution in [3.05, 3.63) is 53.7 Å². The van der Waals surface area contributed by atoms with Crippen LogP contribution in [0.4, 0.5) is 0 Å². The van der Waals surface area contributed by atoms with Crippen LogP contribution in [0.3, 0.4) is 0 Å². The lowest BCUT2D eigenvalue weighted by Gasteiger charge is -2.13. The maximum atomic E-state index is 4.56. The second-order valence-electron chi connectivity index (χ2n) is 4.64. The van der Waals surface area contributed by atoms with Gasteiger partial charge >= 0.3 is 0 Å². The number of aryl methyl sites for hydroxylation is 1. The van der Waals surface area contributed by atoms with Gasteiger partial charge in [0.1, 0.15) is 0 Å². The molecule has 0 saturated heterocycles. The van der Waals surface area contributed by atoms with Crippen LogP contribution in [-0.4, -0.2) is 4.98 Å². The van der Waals surface area contributed by atoms with E-state index in [2.05, 4.69) is 56.1 Å². The van der Waals surface area contributed by atoms with Crippen molar-refractivity contribution in [3.8, 4) is 11.3 Å². The normalized spacial score (nSPS) is 10.8. The largest absolute Gasteiger partial charge is 0.256 e. The predicted molar refractivity (Wildman–Crippen MR) is 73.1 cm³/mol. The lowest BCUT2D eigenvalue weighted by atomic mass is 9.95. The van der Waals surface area contributed by atoms with E-state index >= 15 is 0 Å². The maximum Gasteiger partial charge on any atom is 0.0705 e. The SMILES string of the molecule is CCc1cnc(-c2ccccc2)cc1C(C)C. The van der Waals surface area contributed by atoms with E-state index in [0.29, 0.717) is 5.92 Å². The third-order valence-electron chi connectivity index (χ3n) is 3.09. The Kier molecular flexibility index (Phi) is 3.58. The summed E-state index contributed by atoms with van der Waals surface area (Å²) >= 11 is 0. The van der Waals surface area contributed by atoms with Crippen molar-refractivity contribution in [2.45, 2.75) is 33.1 Å². The summed E-state index contributed by atoms with van der Waals surface area (Å²) in [5, 5.41) is 0. The van der Waals surface area contributed by atoms with Crippen LogP contribution in [0.2, 0.25) is 0 Å². The molecule has 2 rings (SSSR count). The Morgan fingerprint density at radius 3 is 2.41 bits per heavy atom. The monoisotopic (exact) mass is 225 g/mol. The average molecular weight is 225 g/mol. The van der Waals surface area contributed by atoms with Crippen LogP contribution in [-0.2, 0) is 6.42 Å². The third kappa shape index (κ3) is 2.55. The summed E-state index contributed by atoms with van der Waals surface area (Å²) in [4.78, 5) is 4.56. The maximum absolute atomic E-state index is 4.56. The number of hydrogen-bond acceptors (Lipinski definition) is 1. The molecule has 0 spiro atoms. The average Bonchev–Trinajstić information content (AvgIpc) is 2.39. The van der Waals surface area contributed by atoms with Gasteiger partial charge in [0, 0.05) is 11.8 Å². The molecule has 0 saturated carbocycles. The summed E-state index contributed by atoms with van der Waals surface area (Å²) in [5.41, 5.74) is 5.05. The molecule has 0 N–H and O–H groups in total. The fourth-order valence-electron chi connectivity index (χ4n) is 2.10. The first-order valence-electron chi connectivity index (χ1n) is 6.26. The van der Waals surface area contributed by atoms with Gasteiger partial charge in [-0.1, -0.05) is 51.1 Å². The molecule has 1 heterocycles. The first kappa shape index (κ1) is 11.8. The van der Waals surface area contributed by atoms with Crippen molar-refractivity contribution >= 4 is 0 Å². The minimum atomic E-state index is 0.551. The first-order chi connectivity index (χ1) is 8.22.